The zero-order valence-electron chi connectivity index (χ0n) is 14.2. The minimum absolute atomic E-state index is 0.391. The predicted octanol–water partition coefficient (Wildman–Crippen LogP) is 2.44. The van der Waals surface area contributed by atoms with Crippen LogP contribution in [0.5, 0.6) is 0 Å². The van der Waals surface area contributed by atoms with Crippen LogP contribution in [0, 0.1) is 5.92 Å². The van der Waals surface area contributed by atoms with Crippen molar-refractivity contribution in [1.29, 1.82) is 0 Å². The van der Waals surface area contributed by atoms with Crippen molar-refractivity contribution >= 4 is 21.8 Å². The van der Waals surface area contributed by atoms with Gasteiger partial charge in [-0.05, 0) is 49.8 Å². The molecule has 2 aromatic heterocycles. The molecule has 0 atom stereocenters. The summed E-state index contributed by atoms with van der Waals surface area (Å²) >= 11 is 0. The molecular formula is C17H23N5O2S. The summed E-state index contributed by atoms with van der Waals surface area (Å²) in [5, 5.41) is 3.12. The van der Waals surface area contributed by atoms with Crippen LogP contribution >= 0.6 is 0 Å². The minimum atomic E-state index is -3.11. The molecule has 134 valence electrons. The van der Waals surface area contributed by atoms with Crippen molar-refractivity contribution in [2.45, 2.75) is 31.6 Å². The molecule has 25 heavy (non-hydrogen) atoms. The van der Waals surface area contributed by atoms with E-state index in [2.05, 4.69) is 25.0 Å². The number of aromatic nitrogens is 3. The van der Waals surface area contributed by atoms with Crippen LogP contribution in [0.25, 0.3) is 0 Å². The fourth-order valence-corrected chi connectivity index (χ4v) is 3.68. The molecule has 1 aliphatic carbocycles. The Kier molecular flexibility index (Phi) is 5.60. The molecular weight excluding hydrogens is 338 g/mol. The van der Waals surface area contributed by atoms with Crippen molar-refractivity contribution in [2.24, 2.45) is 5.92 Å². The summed E-state index contributed by atoms with van der Waals surface area (Å²) in [5.41, 5.74) is 1.03. The standard InChI is InChI=1S/C17H23N5O2S/c1-25(23,24)20-12-13-5-7-14(8-6-13)15-9-11-19-17(21-15)22-16-4-2-3-10-18-16/h2-4,9-11,13-14,20H,5-8,12H2,1H3,(H,18,19,21,22). The summed E-state index contributed by atoms with van der Waals surface area (Å²) in [4.78, 5) is 13.1. The third-order valence-electron chi connectivity index (χ3n) is 4.48. The zero-order valence-corrected chi connectivity index (χ0v) is 15.0. The molecule has 3 rings (SSSR count). The van der Waals surface area contributed by atoms with Crippen LogP contribution in [0.4, 0.5) is 11.8 Å². The molecule has 0 unspecified atom stereocenters. The second-order valence-corrected chi connectivity index (χ2v) is 8.32. The van der Waals surface area contributed by atoms with Crippen LogP contribution in [0.1, 0.15) is 37.3 Å². The number of sulfonamides is 1. The first-order chi connectivity index (χ1) is 12.0. The third-order valence-corrected chi connectivity index (χ3v) is 5.17. The molecule has 1 fully saturated rings. The van der Waals surface area contributed by atoms with Gasteiger partial charge in [-0.15, -0.1) is 0 Å². The second kappa shape index (κ2) is 7.88. The van der Waals surface area contributed by atoms with Crippen LogP contribution in [-0.2, 0) is 10.0 Å². The highest BCUT2D eigenvalue weighted by atomic mass is 32.2. The van der Waals surface area contributed by atoms with E-state index in [0.29, 0.717) is 24.3 Å². The van der Waals surface area contributed by atoms with Crippen molar-refractivity contribution in [3.05, 3.63) is 42.4 Å². The maximum absolute atomic E-state index is 11.2. The van der Waals surface area contributed by atoms with Crippen LogP contribution in [0.2, 0.25) is 0 Å². The van der Waals surface area contributed by atoms with Gasteiger partial charge in [0.2, 0.25) is 16.0 Å². The van der Waals surface area contributed by atoms with E-state index in [4.69, 9.17) is 0 Å². The SMILES string of the molecule is CS(=O)(=O)NCC1CCC(c2ccnc(Nc3ccccn3)n2)CC1. The summed E-state index contributed by atoms with van der Waals surface area (Å²) < 4.78 is 25.0. The van der Waals surface area contributed by atoms with E-state index in [1.54, 1.807) is 12.4 Å². The fourth-order valence-electron chi connectivity index (χ4n) is 3.14. The zero-order chi connectivity index (χ0) is 17.7. The van der Waals surface area contributed by atoms with Crippen molar-refractivity contribution in [1.82, 2.24) is 19.7 Å². The highest BCUT2D eigenvalue weighted by molar-refractivity contribution is 7.88. The largest absolute Gasteiger partial charge is 0.309 e. The maximum Gasteiger partial charge on any atom is 0.228 e. The van der Waals surface area contributed by atoms with E-state index in [1.807, 2.05) is 24.3 Å². The molecule has 0 saturated heterocycles. The number of hydrogen-bond donors (Lipinski definition) is 2. The van der Waals surface area contributed by atoms with Gasteiger partial charge in [-0.3, -0.25) is 0 Å². The summed E-state index contributed by atoms with van der Waals surface area (Å²) in [6.07, 6.45) is 8.71. The van der Waals surface area contributed by atoms with Gasteiger partial charge in [0.05, 0.1) is 6.26 Å². The number of anilines is 2. The quantitative estimate of drug-likeness (QED) is 0.820. The van der Waals surface area contributed by atoms with Gasteiger partial charge in [-0.25, -0.2) is 28.1 Å². The molecule has 1 saturated carbocycles. The highest BCUT2D eigenvalue weighted by Crippen LogP contribution is 2.35. The second-order valence-electron chi connectivity index (χ2n) is 6.48. The fraction of sp³-hybridized carbons (Fsp3) is 0.471. The topological polar surface area (TPSA) is 96.9 Å². The number of pyridine rings is 1. The summed E-state index contributed by atoms with van der Waals surface area (Å²) in [6, 6.07) is 7.60. The molecule has 0 aromatic carbocycles. The average molecular weight is 361 g/mol. The summed E-state index contributed by atoms with van der Waals surface area (Å²) in [5.74, 6) is 2.06. The highest BCUT2D eigenvalue weighted by Gasteiger charge is 2.24. The first-order valence-corrected chi connectivity index (χ1v) is 10.3. The lowest BCUT2D eigenvalue weighted by atomic mass is 9.80. The lowest BCUT2D eigenvalue weighted by molar-refractivity contribution is 0.322. The monoisotopic (exact) mass is 361 g/mol. The van der Waals surface area contributed by atoms with E-state index in [1.165, 1.54) is 6.26 Å². The summed E-state index contributed by atoms with van der Waals surface area (Å²) in [6.45, 7) is 0.530. The average Bonchev–Trinajstić information content (AvgIpc) is 2.61. The van der Waals surface area contributed by atoms with Crippen molar-refractivity contribution in [3.8, 4) is 0 Å². The molecule has 0 amide bonds. The number of hydrogen-bond acceptors (Lipinski definition) is 6. The Balaban J connectivity index is 1.57. The Hall–Kier alpha value is -2.06. The van der Waals surface area contributed by atoms with Crippen molar-refractivity contribution in [2.75, 3.05) is 18.1 Å². The molecule has 2 heterocycles. The third kappa shape index (κ3) is 5.47. The van der Waals surface area contributed by atoms with E-state index in [9.17, 15) is 8.42 Å². The normalized spacial score (nSPS) is 21.0. The Morgan fingerprint density at radius 1 is 1.08 bits per heavy atom. The van der Waals surface area contributed by atoms with Gasteiger partial charge in [-0.1, -0.05) is 6.07 Å². The number of nitrogens with zero attached hydrogens (tertiary/aromatic N) is 3. The Labute approximate surface area is 148 Å². The molecule has 2 N–H and O–H groups in total. The van der Waals surface area contributed by atoms with Crippen molar-refractivity contribution in [3.63, 3.8) is 0 Å². The van der Waals surface area contributed by atoms with Gasteiger partial charge in [0.1, 0.15) is 5.82 Å². The smallest absolute Gasteiger partial charge is 0.228 e. The Bertz CT molecular complexity index is 790. The maximum atomic E-state index is 11.2. The van der Waals surface area contributed by atoms with Crippen molar-refractivity contribution < 1.29 is 8.42 Å². The number of rotatable bonds is 6. The van der Waals surface area contributed by atoms with Crippen LogP contribution in [0.15, 0.2) is 36.7 Å². The molecule has 1 aliphatic rings. The first-order valence-electron chi connectivity index (χ1n) is 8.45. The predicted molar refractivity (Wildman–Crippen MR) is 97.1 cm³/mol. The van der Waals surface area contributed by atoms with Gasteiger partial charge >= 0.3 is 0 Å². The van der Waals surface area contributed by atoms with Crippen LogP contribution < -0.4 is 10.0 Å². The Morgan fingerprint density at radius 3 is 2.56 bits per heavy atom. The molecule has 0 spiro atoms. The lowest BCUT2D eigenvalue weighted by Gasteiger charge is -2.28. The first kappa shape index (κ1) is 17.8. The van der Waals surface area contributed by atoms with Gasteiger partial charge in [0.15, 0.2) is 0 Å². The van der Waals surface area contributed by atoms with E-state index in [0.717, 1.165) is 37.2 Å². The van der Waals surface area contributed by atoms with Crippen LogP contribution in [-0.4, -0.2) is 36.2 Å². The molecule has 8 heteroatoms. The molecule has 2 aromatic rings. The molecule has 7 nitrogen and oxygen atoms in total. The van der Waals surface area contributed by atoms with E-state index >= 15 is 0 Å². The van der Waals surface area contributed by atoms with Gasteiger partial charge < -0.3 is 5.32 Å². The van der Waals surface area contributed by atoms with E-state index in [-0.39, 0.29) is 0 Å². The molecule has 0 radical (unpaired) electrons. The summed E-state index contributed by atoms with van der Waals surface area (Å²) in [7, 11) is -3.11. The van der Waals surface area contributed by atoms with E-state index < -0.39 is 10.0 Å². The van der Waals surface area contributed by atoms with Crippen LogP contribution in [0.3, 0.4) is 0 Å². The molecule has 0 bridgehead atoms. The Morgan fingerprint density at radius 2 is 1.88 bits per heavy atom. The molecule has 0 aliphatic heterocycles. The van der Waals surface area contributed by atoms with Gasteiger partial charge in [-0.2, -0.15) is 0 Å². The number of nitrogens with one attached hydrogen (secondary N) is 2. The van der Waals surface area contributed by atoms with Gasteiger partial charge in [0, 0.05) is 30.6 Å². The van der Waals surface area contributed by atoms with Gasteiger partial charge in [0.25, 0.3) is 0 Å². The minimum Gasteiger partial charge on any atom is -0.309 e. The lowest BCUT2D eigenvalue weighted by Crippen LogP contribution is -2.30.